The van der Waals surface area contributed by atoms with E-state index in [1.807, 2.05) is 4.90 Å². The highest BCUT2D eigenvalue weighted by molar-refractivity contribution is 5.96. The van der Waals surface area contributed by atoms with Crippen molar-refractivity contribution in [1.29, 1.82) is 0 Å². The summed E-state index contributed by atoms with van der Waals surface area (Å²) in [5, 5.41) is 8.88. The van der Waals surface area contributed by atoms with Crippen molar-refractivity contribution < 1.29 is 19.1 Å². The number of fused-ring (bicyclic) bond motifs is 1. The van der Waals surface area contributed by atoms with Gasteiger partial charge in [0.1, 0.15) is 5.82 Å². The maximum absolute atomic E-state index is 14.1. The number of benzene rings is 1. The number of carbonyl (C=O) groups excluding carboxylic acids is 1. The predicted molar refractivity (Wildman–Crippen MR) is 79.4 cm³/mol. The molecule has 2 aliphatic rings. The molecule has 1 aliphatic heterocycles. The van der Waals surface area contributed by atoms with Crippen molar-refractivity contribution in [2.75, 3.05) is 6.54 Å². The smallest absolute Gasteiger partial charge is 0.335 e. The molecule has 0 radical (unpaired) electrons. The van der Waals surface area contributed by atoms with E-state index in [1.165, 1.54) is 18.6 Å². The zero-order valence-corrected chi connectivity index (χ0v) is 12.4. The average Bonchev–Trinajstić information content (AvgIpc) is 2.53. The number of carboxylic acid groups (broad SMARTS) is 1. The Morgan fingerprint density at radius 2 is 1.86 bits per heavy atom. The van der Waals surface area contributed by atoms with Crippen molar-refractivity contribution in [2.24, 2.45) is 5.92 Å². The molecule has 1 amide bonds. The van der Waals surface area contributed by atoms with Crippen LogP contribution in [0.25, 0.3) is 0 Å². The lowest BCUT2D eigenvalue weighted by molar-refractivity contribution is 0.0386. The summed E-state index contributed by atoms with van der Waals surface area (Å²) in [5.74, 6) is -1.70. The van der Waals surface area contributed by atoms with Crippen LogP contribution in [0.3, 0.4) is 0 Å². The topological polar surface area (TPSA) is 57.6 Å². The van der Waals surface area contributed by atoms with Crippen LogP contribution in [0.2, 0.25) is 0 Å². The molecule has 1 aliphatic carbocycles. The number of hydrogen-bond donors (Lipinski definition) is 1. The SMILES string of the molecule is O=C(O)c1ccc(C(=O)N2CCC[C@H]3CCCC[C@H]32)c(F)c1. The number of aromatic carboxylic acids is 1. The molecule has 1 saturated heterocycles. The molecule has 0 bridgehead atoms. The summed E-state index contributed by atoms with van der Waals surface area (Å²) in [6, 6.07) is 3.74. The summed E-state index contributed by atoms with van der Waals surface area (Å²) in [4.78, 5) is 25.4. The Morgan fingerprint density at radius 1 is 1.14 bits per heavy atom. The van der Waals surface area contributed by atoms with Crippen molar-refractivity contribution in [2.45, 2.75) is 44.6 Å². The van der Waals surface area contributed by atoms with Crippen LogP contribution >= 0.6 is 0 Å². The van der Waals surface area contributed by atoms with E-state index < -0.39 is 11.8 Å². The van der Waals surface area contributed by atoms with Gasteiger partial charge < -0.3 is 10.0 Å². The summed E-state index contributed by atoms with van der Waals surface area (Å²) in [6.07, 6.45) is 6.58. The third-order valence-corrected chi connectivity index (χ3v) is 4.95. The Kier molecular flexibility index (Phi) is 4.14. The second-order valence-corrected chi connectivity index (χ2v) is 6.25. The van der Waals surface area contributed by atoms with E-state index in [-0.39, 0.29) is 23.1 Å². The van der Waals surface area contributed by atoms with Gasteiger partial charge in [-0.2, -0.15) is 0 Å². The number of carboxylic acids is 1. The van der Waals surface area contributed by atoms with Gasteiger partial charge >= 0.3 is 5.97 Å². The molecular weight excluding hydrogens is 285 g/mol. The quantitative estimate of drug-likeness (QED) is 0.912. The molecule has 2 atom stereocenters. The Morgan fingerprint density at radius 3 is 2.59 bits per heavy atom. The molecule has 1 aromatic carbocycles. The third-order valence-electron chi connectivity index (χ3n) is 4.95. The number of piperidine rings is 1. The molecule has 2 fully saturated rings. The summed E-state index contributed by atoms with van der Waals surface area (Å²) in [7, 11) is 0. The van der Waals surface area contributed by atoms with Crippen LogP contribution in [0.1, 0.15) is 59.2 Å². The van der Waals surface area contributed by atoms with Gasteiger partial charge in [0.15, 0.2) is 0 Å². The third kappa shape index (κ3) is 2.72. The summed E-state index contributed by atoms with van der Waals surface area (Å²) < 4.78 is 14.1. The van der Waals surface area contributed by atoms with Crippen LogP contribution in [0.15, 0.2) is 18.2 Å². The lowest BCUT2D eigenvalue weighted by Crippen LogP contribution is -2.49. The molecule has 4 nitrogen and oxygen atoms in total. The first-order valence-corrected chi connectivity index (χ1v) is 7.91. The van der Waals surface area contributed by atoms with Crippen molar-refractivity contribution in [1.82, 2.24) is 4.90 Å². The van der Waals surface area contributed by atoms with E-state index in [1.54, 1.807) is 0 Å². The summed E-state index contributed by atoms with van der Waals surface area (Å²) >= 11 is 0. The fourth-order valence-corrected chi connectivity index (χ4v) is 3.85. The Bertz CT molecular complexity index is 600. The van der Waals surface area contributed by atoms with E-state index in [2.05, 4.69) is 0 Å². The molecule has 22 heavy (non-hydrogen) atoms. The van der Waals surface area contributed by atoms with Crippen LogP contribution < -0.4 is 0 Å². The minimum Gasteiger partial charge on any atom is -0.478 e. The molecule has 0 aromatic heterocycles. The molecule has 0 unspecified atom stereocenters. The molecule has 1 aromatic rings. The van der Waals surface area contributed by atoms with Gasteiger partial charge in [-0.1, -0.05) is 12.8 Å². The van der Waals surface area contributed by atoms with E-state index in [9.17, 15) is 14.0 Å². The fourth-order valence-electron chi connectivity index (χ4n) is 3.85. The highest BCUT2D eigenvalue weighted by Crippen LogP contribution is 2.36. The molecule has 1 saturated carbocycles. The van der Waals surface area contributed by atoms with Gasteiger partial charge in [-0.05, 0) is 49.8 Å². The highest BCUT2D eigenvalue weighted by Gasteiger charge is 2.36. The van der Waals surface area contributed by atoms with Gasteiger partial charge in [-0.3, -0.25) is 4.79 Å². The number of likely N-dealkylation sites (tertiary alicyclic amines) is 1. The number of amides is 1. The van der Waals surface area contributed by atoms with Gasteiger partial charge in [0.2, 0.25) is 0 Å². The Hall–Kier alpha value is -1.91. The second-order valence-electron chi connectivity index (χ2n) is 6.25. The van der Waals surface area contributed by atoms with Crippen LogP contribution in [0.5, 0.6) is 0 Å². The minimum absolute atomic E-state index is 0.0174. The van der Waals surface area contributed by atoms with Gasteiger partial charge in [-0.15, -0.1) is 0 Å². The van der Waals surface area contributed by atoms with E-state index in [4.69, 9.17) is 5.11 Å². The van der Waals surface area contributed by atoms with E-state index >= 15 is 0 Å². The average molecular weight is 305 g/mol. The Balaban J connectivity index is 1.85. The van der Waals surface area contributed by atoms with Crippen LogP contribution in [-0.2, 0) is 0 Å². The second kappa shape index (κ2) is 6.07. The van der Waals surface area contributed by atoms with Crippen LogP contribution in [0, 0.1) is 11.7 Å². The van der Waals surface area contributed by atoms with Crippen LogP contribution in [0.4, 0.5) is 4.39 Å². The van der Waals surface area contributed by atoms with Crippen molar-refractivity contribution in [3.05, 3.63) is 35.1 Å². The van der Waals surface area contributed by atoms with Crippen LogP contribution in [-0.4, -0.2) is 34.5 Å². The number of nitrogens with zero attached hydrogens (tertiary/aromatic N) is 1. The predicted octanol–water partition coefficient (Wildman–Crippen LogP) is 3.32. The first-order chi connectivity index (χ1) is 10.6. The van der Waals surface area contributed by atoms with Gasteiger partial charge in [0, 0.05) is 12.6 Å². The first kappa shape index (κ1) is 15.0. The zero-order valence-electron chi connectivity index (χ0n) is 12.4. The number of halogens is 1. The summed E-state index contributed by atoms with van der Waals surface area (Å²) in [5.41, 5.74) is -0.153. The number of carbonyl (C=O) groups is 2. The largest absolute Gasteiger partial charge is 0.478 e. The first-order valence-electron chi connectivity index (χ1n) is 7.91. The number of hydrogen-bond acceptors (Lipinski definition) is 2. The normalized spacial score (nSPS) is 24.7. The zero-order chi connectivity index (χ0) is 15.7. The highest BCUT2D eigenvalue weighted by atomic mass is 19.1. The molecule has 1 N–H and O–H groups in total. The Labute approximate surface area is 128 Å². The molecule has 1 heterocycles. The van der Waals surface area contributed by atoms with E-state index in [0.717, 1.165) is 38.2 Å². The lowest BCUT2D eigenvalue weighted by atomic mass is 9.78. The van der Waals surface area contributed by atoms with Crippen molar-refractivity contribution in [3.8, 4) is 0 Å². The maximum atomic E-state index is 14.1. The molecule has 3 rings (SSSR count). The molecule has 118 valence electrons. The van der Waals surface area contributed by atoms with Gasteiger partial charge in [0.05, 0.1) is 11.1 Å². The van der Waals surface area contributed by atoms with Crippen molar-refractivity contribution >= 4 is 11.9 Å². The summed E-state index contributed by atoms with van der Waals surface area (Å²) in [6.45, 7) is 0.667. The van der Waals surface area contributed by atoms with E-state index in [0.29, 0.717) is 12.5 Å². The number of rotatable bonds is 2. The molecule has 5 heteroatoms. The molecule has 0 spiro atoms. The minimum atomic E-state index is -1.19. The fraction of sp³-hybridized carbons (Fsp3) is 0.529. The standard InChI is InChI=1S/C17H20FNO3/c18-14-10-12(17(21)22)7-8-13(14)16(20)19-9-3-5-11-4-1-2-6-15(11)19/h7-8,10-11,15H,1-6,9H2,(H,21,22)/t11-,15-/m1/s1. The van der Waals surface area contributed by atoms with Gasteiger partial charge in [-0.25, -0.2) is 9.18 Å². The van der Waals surface area contributed by atoms with Crippen molar-refractivity contribution in [3.63, 3.8) is 0 Å². The monoisotopic (exact) mass is 305 g/mol. The lowest BCUT2D eigenvalue weighted by Gasteiger charge is -2.44. The van der Waals surface area contributed by atoms with Gasteiger partial charge in [0.25, 0.3) is 5.91 Å². The maximum Gasteiger partial charge on any atom is 0.335 e. The molecular formula is C17H20FNO3.